The lowest BCUT2D eigenvalue weighted by Gasteiger charge is -2.01. The number of carbonyl (C=O) groups excluding carboxylic acids is 2. The van der Waals surface area contributed by atoms with Gasteiger partial charge in [-0.25, -0.2) is 19.9 Å². The average molecular weight is 1020 g/mol. The second-order valence-corrected chi connectivity index (χ2v) is 15.6. The summed E-state index contributed by atoms with van der Waals surface area (Å²) in [4.78, 5) is 39.4. The van der Waals surface area contributed by atoms with E-state index < -0.39 is 10.5 Å². The van der Waals surface area contributed by atoms with Gasteiger partial charge in [0.05, 0.1) is 22.7 Å². The Kier molecular flexibility index (Phi) is 14.0. The summed E-state index contributed by atoms with van der Waals surface area (Å²) in [7, 11) is 0. The number of fused-ring (bicyclic) bond motifs is 4. The molecule has 0 spiro atoms. The minimum Gasteiger partial charge on any atom is -0.506 e. The first-order valence-electron chi connectivity index (χ1n) is 19.8. The van der Waals surface area contributed by atoms with Crippen molar-refractivity contribution in [3.63, 3.8) is 0 Å². The molecule has 18 nitrogen and oxygen atoms in total. The second kappa shape index (κ2) is 19.9. The predicted octanol–water partition coefficient (Wildman–Crippen LogP) is 11.0. The molecule has 0 aliphatic carbocycles. The van der Waals surface area contributed by atoms with Crippen molar-refractivity contribution in [1.82, 2.24) is 19.9 Å². The van der Waals surface area contributed by atoms with Gasteiger partial charge in [0.1, 0.15) is 45.1 Å². The summed E-state index contributed by atoms with van der Waals surface area (Å²) in [5, 5.41) is 36.4. The Hall–Kier alpha value is -8.68. The number of rotatable bonds is 6. The first kappa shape index (κ1) is 49.2. The van der Waals surface area contributed by atoms with Gasteiger partial charge in [-0.1, -0.05) is 0 Å². The van der Waals surface area contributed by atoms with E-state index in [1.54, 1.807) is 18.2 Å². The Labute approximate surface area is 415 Å². The third-order valence-electron chi connectivity index (χ3n) is 10.2. The molecule has 0 aliphatic heterocycles. The number of nitrogens with zero attached hydrogens (tertiary/aromatic N) is 4. The van der Waals surface area contributed by atoms with Crippen LogP contribution < -0.4 is 22.9 Å². The number of phenols is 4. The molecule has 7 aromatic carbocycles. The van der Waals surface area contributed by atoms with Gasteiger partial charge in [-0.2, -0.15) is 0 Å². The highest BCUT2D eigenvalue weighted by molar-refractivity contribution is 6.68. The number of hydrogen-bond acceptors (Lipinski definition) is 18. The normalized spacial score (nSPS) is 10.8. The van der Waals surface area contributed by atoms with Gasteiger partial charge >= 0.3 is 0 Å². The van der Waals surface area contributed by atoms with Gasteiger partial charge in [0.25, 0.3) is 10.5 Å². The molecule has 0 aliphatic rings. The van der Waals surface area contributed by atoms with Crippen molar-refractivity contribution in [3.8, 4) is 68.8 Å². The quantitative estimate of drug-likeness (QED) is 0.0332. The lowest BCUT2D eigenvalue weighted by Crippen LogP contribution is -1.92. The molecule has 22 heteroatoms. The zero-order chi connectivity index (χ0) is 48.0. The zero-order valence-electron chi connectivity index (χ0n) is 35.5. The number of carbonyl (C=O) groups is 2. The van der Waals surface area contributed by atoms with Gasteiger partial charge in [-0.3, -0.25) is 9.59 Å². The summed E-state index contributed by atoms with van der Waals surface area (Å²) in [5.41, 5.74) is 31.0. The van der Waals surface area contributed by atoms with Crippen LogP contribution in [-0.4, -0.2) is 50.8 Å². The maximum Gasteiger partial charge on any atom is 0.252 e. The molecule has 0 saturated heterocycles. The van der Waals surface area contributed by atoms with Crippen LogP contribution in [0.25, 0.3) is 90.2 Å². The zero-order valence-corrected chi connectivity index (χ0v) is 38.6. The molecule has 0 saturated carbocycles. The number of aromatic nitrogens is 4. The van der Waals surface area contributed by atoms with E-state index in [-0.39, 0.29) is 70.6 Å². The molecule has 0 atom stereocenters. The number of nitrogen functional groups attached to an aromatic ring is 4. The van der Waals surface area contributed by atoms with Crippen molar-refractivity contribution in [2.75, 3.05) is 22.9 Å². The van der Waals surface area contributed by atoms with E-state index in [2.05, 4.69) is 19.9 Å². The minimum atomic E-state index is -0.552. The predicted molar refractivity (Wildman–Crippen MR) is 271 cm³/mol. The monoisotopic (exact) mass is 1020 g/mol. The van der Waals surface area contributed by atoms with Crippen LogP contribution in [0, 0.1) is 0 Å². The highest BCUT2D eigenvalue weighted by Gasteiger charge is 2.17. The lowest BCUT2D eigenvalue weighted by molar-refractivity contribution is 0.107. The van der Waals surface area contributed by atoms with Crippen LogP contribution in [-0.2, 0) is 0 Å². The van der Waals surface area contributed by atoms with Crippen molar-refractivity contribution in [1.29, 1.82) is 0 Å². The first-order valence-corrected chi connectivity index (χ1v) is 20.6. The summed E-state index contributed by atoms with van der Waals surface area (Å²) in [6, 6.07) is 32.7. The maximum atomic E-state index is 10.6. The average Bonchev–Trinajstić information content (AvgIpc) is 4.13. The van der Waals surface area contributed by atoms with E-state index in [0.29, 0.717) is 79.1 Å². The molecule has 0 amide bonds. The minimum absolute atomic E-state index is 0. The molecule has 4 aromatic heterocycles. The molecule has 11 rings (SSSR count). The van der Waals surface area contributed by atoms with Gasteiger partial charge in [-0.05, 0) is 120 Å². The first-order chi connectivity index (χ1) is 32.6. The van der Waals surface area contributed by atoms with E-state index in [0.717, 1.165) is 28.3 Å². The van der Waals surface area contributed by atoms with Gasteiger partial charge in [0.15, 0.2) is 22.3 Å². The number of phenolic OH excluding ortho intramolecular Hbond substituents is 4. The fourth-order valence-electron chi connectivity index (χ4n) is 6.66. The van der Waals surface area contributed by atoms with Gasteiger partial charge < -0.3 is 61.0 Å². The van der Waals surface area contributed by atoms with Crippen LogP contribution in [0.5, 0.6) is 23.0 Å². The maximum absolute atomic E-state index is 10.6. The van der Waals surface area contributed by atoms with Crippen LogP contribution in [0.15, 0.2) is 139 Å². The van der Waals surface area contributed by atoms with Crippen LogP contribution in [0.1, 0.15) is 20.7 Å². The van der Waals surface area contributed by atoms with Gasteiger partial charge in [-0.15, -0.1) is 24.8 Å². The Morgan fingerprint density at radius 1 is 0.371 bits per heavy atom. The summed E-state index contributed by atoms with van der Waals surface area (Å²) >= 11 is 10.4. The molecule has 0 bridgehead atoms. The van der Waals surface area contributed by atoms with Gasteiger partial charge in [0, 0.05) is 57.6 Å². The Balaban J connectivity index is 0.000000249. The smallest absolute Gasteiger partial charge is 0.252 e. The standard InChI is InChI=1S/C34H20N6O6.C8H4Cl2O2.C6H8N2O2.2ClH/c35-19-9-21-27(12-25(19)41)43-31(37-21)15-1-5-17(6-2-15)33-39-23-11-24-30(14-29(23)45-33)46-34(40-24)18-7-3-16(4-8-18)32-38-22-10-20(36)26(42)13-28(22)44-32;9-7(11)5-1-2-6(4-3-5)8(10)12;7-3-1-4(8)6(10)2-5(3)9;;/h1-14,41-42H,35-36H2;1-4H;1-2,9-10H,7-8H2;2*1H. The number of halogens is 4. The molecule has 4 heterocycles. The highest BCUT2D eigenvalue weighted by atomic mass is 35.5. The van der Waals surface area contributed by atoms with E-state index in [1.165, 1.54) is 42.5 Å². The number of benzene rings is 7. The van der Waals surface area contributed by atoms with E-state index >= 15 is 0 Å². The number of oxazole rings is 4. The largest absolute Gasteiger partial charge is 0.506 e. The summed E-state index contributed by atoms with van der Waals surface area (Å²) in [5.74, 6) is 1.26. The van der Waals surface area contributed by atoms with Crippen molar-refractivity contribution >= 4 is 126 Å². The van der Waals surface area contributed by atoms with Crippen molar-refractivity contribution in [3.05, 3.63) is 132 Å². The number of hydrogen-bond donors (Lipinski definition) is 8. The van der Waals surface area contributed by atoms with E-state index in [4.69, 9.17) is 74.0 Å². The van der Waals surface area contributed by atoms with Crippen LogP contribution in [0.4, 0.5) is 22.7 Å². The number of aromatic hydroxyl groups is 4. The van der Waals surface area contributed by atoms with Crippen molar-refractivity contribution in [2.24, 2.45) is 0 Å². The van der Waals surface area contributed by atoms with Crippen molar-refractivity contribution < 1.29 is 47.7 Å². The van der Waals surface area contributed by atoms with E-state index in [9.17, 15) is 19.8 Å². The van der Waals surface area contributed by atoms with Crippen molar-refractivity contribution in [2.45, 2.75) is 0 Å². The molecule has 0 unspecified atom stereocenters. The topological polar surface area (TPSA) is 323 Å². The van der Waals surface area contributed by atoms with E-state index in [1.807, 2.05) is 54.6 Å². The SMILES string of the molecule is Cl.Cl.Nc1cc(N)c(O)cc1O.Nc1cc2nc(-c3ccc(-c4nc5cc6nc(-c7ccc(-c8nc9cc(N)c(O)cc9o8)cc7)oc6cc5o4)cc3)oc2cc1O.O=C(Cl)c1ccc(C(=O)Cl)cc1. The fourth-order valence-corrected chi connectivity index (χ4v) is 6.91. The number of nitrogens with two attached hydrogens (primary N) is 4. The molecule has 0 fully saturated rings. The second-order valence-electron chi connectivity index (χ2n) is 14.9. The molecule has 11 aromatic rings. The number of anilines is 4. The molecule has 354 valence electrons. The Morgan fingerprint density at radius 3 is 0.914 bits per heavy atom. The summed E-state index contributed by atoms with van der Waals surface area (Å²) < 4.78 is 23.8. The third kappa shape index (κ3) is 10.1. The highest BCUT2D eigenvalue weighted by Crippen LogP contribution is 2.36. The molecular weight excluding hydrogens is 990 g/mol. The van der Waals surface area contributed by atoms with Crippen LogP contribution in [0.2, 0.25) is 0 Å². The van der Waals surface area contributed by atoms with Crippen LogP contribution >= 0.6 is 48.0 Å². The third-order valence-corrected chi connectivity index (χ3v) is 10.7. The molecular formula is C48H34Cl4N8O10. The molecule has 70 heavy (non-hydrogen) atoms. The van der Waals surface area contributed by atoms with Crippen LogP contribution in [0.3, 0.4) is 0 Å². The Morgan fingerprint density at radius 2 is 0.629 bits per heavy atom. The lowest BCUT2D eigenvalue weighted by atomic mass is 10.1. The van der Waals surface area contributed by atoms with Gasteiger partial charge in [0.2, 0.25) is 23.6 Å². The Bertz CT molecular complexity index is 3350. The molecule has 12 N–H and O–H groups in total. The molecule has 0 radical (unpaired) electrons. The fraction of sp³-hybridized carbons (Fsp3) is 0. The summed E-state index contributed by atoms with van der Waals surface area (Å²) in [6.45, 7) is 0. The summed E-state index contributed by atoms with van der Waals surface area (Å²) in [6.07, 6.45) is 0.